The summed E-state index contributed by atoms with van der Waals surface area (Å²) in [5.74, 6) is 0.488. The first-order valence-corrected chi connectivity index (χ1v) is 10.4. The van der Waals surface area contributed by atoms with Crippen molar-refractivity contribution in [2.75, 3.05) is 18.0 Å². The molecule has 31 heavy (non-hydrogen) atoms. The number of rotatable bonds is 4. The minimum atomic E-state index is -0.263. The van der Waals surface area contributed by atoms with Crippen LogP contribution in [-0.4, -0.2) is 40.2 Å². The summed E-state index contributed by atoms with van der Waals surface area (Å²) in [6, 6.07) is 17.7. The van der Waals surface area contributed by atoms with Crippen LogP contribution in [-0.2, 0) is 0 Å². The average Bonchev–Trinajstić information content (AvgIpc) is 3.30. The fourth-order valence-electron chi connectivity index (χ4n) is 4.04. The molecule has 2 aromatic carbocycles. The van der Waals surface area contributed by atoms with Crippen molar-refractivity contribution in [2.45, 2.75) is 18.9 Å². The van der Waals surface area contributed by atoms with Gasteiger partial charge in [0, 0.05) is 42.3 Å². The van der Waals surface area contributed by atoms with Gasteiger partial charge >= 0.3 is 0 Å². The van der Waals surface area contributed by atoms with Crippen molar-refractivity contribution in [3.63, 3.8) is 0 Å². The molecule has 3 heterocycles. The molecule has 1 aliphatic heterocycles. The number of benzene rings is 2. The summed E-state index contributed by atoms with van der Waals surface area (Å²) in [6.07, 6.45) is 3.63. The maximum absolute atomic E-state index is 13.2. The van der Waals surface area contributed by atoms with Gasteiger partial charge < -0.3 is 10.2 Å². The molecule has 1 amide bonds. The molecule has 4 aromatic rings. The van der Waals surface area contributed by atoms with Crippen LogP contribution in [0.25, 0.3) is 22.2 Å². The monoisotopic (exact) mass is 415 g/mol. The number of nitrogens with zero attached hydrogens (tertiary/aromatic N) is 3. The Balaban J connectivity index is 1.27. The van der Waals surface area contributed by atoms with Crippen LogP contribution in [0, 0.1) is 5.82 Å². The zero-order valence-electron chi connectivity index (χ0n) is 16.9. The van der Waals surface area contributed by atoms with E-state index >= 15 is 0 Å². The lowest BCUT2D eigenvalue weighted by atomic mass is 10.0. The van der Waals surface area contributed by atoms with Gasteiger partial charge in [0.05, 0.1) is 11.2 Å². The summed E-state index contributed by atoms with van der Waals surface area (Å²) in [7, 11) is 0. The van der Waals surface area contributed by atoms with Crippen molar-refractivity contribution in [3.05, 3.63) is 78.2 Å². The minimum Gasteiger partial charge on any atom is -0.353 e. The van der Waals surface area contributed by atoms with Crippen molar-refractivity contribution in [1.29, 1.82) is 0 Å². The molecule has 0 spiro atoms. The van der Waals surface area contributed by atoms with Crippen LogP contribution < -0.4 is 10.2 Å². The Hall–Kier alpha value is -3.74. The highest BCUT2D eigenvalue weighted by Gasteiger charge is 2.24. The van der Waals surface area contributed by atoms with Gasteiger partial charge in [0.25, 0.3) is 5.91 Å². The van der Waals surface area contributed by atoms with Crippen molar-refractivity contribution in [3.8, 4) is 11.3 Å². The largest absolute Gasteiger partial charge is 0.353 e. The summed E-state index contributed by atoms with van der Waals surface area (Å²) in [6.45, 7) is 1.57. The number of anilines is 1. The van der Waals surface area contributed by atoms with E-state index in [1.54, 1.807) is 18.3 Å². The number of carbonyl (C=O) groups excluding carboxylic acids is 1. The highest BCUT2D eigenvalue weighted by atomic mass is 19.1. The normalized spacial score (nSPS) is 16.4. The Bertz CT molecular complexity index is 1220. The van der Waals surface area contributed by atoms with E-state index < -0.39 is 0 Å². The lowest BCUT2D eigenvalue weighted by molar-refractivity contribution is 0.0933. The van der Waals surface area contributed by atoms with Gasteiger partial charge in [-0.1, -0.05) is 6.07 Å². The SMILES string of the molecule is O=C(N[C@@H]1CCCN(c2cc(-c3ccc(F)cc3)[nH]n2)C1)c1ccc2ncccc2c1. The molecule has 1 fully saturated rings. The topological polar surface area (TPSA) is 73.9 Å². The Labute approximate surface area is 179 Å². The van der Waals surface area contributed by atoms with Crippen LogP contribution in [0.2, 0.25) is 0 Å². The molecule has 0 radical (unpaired) electrons. The second-order valence-corrected chi connectivity index (χ2v) is 7.82. The number of nitrogens with one attached hydrogen (secondary N) is 2. The van der Waals surface area contributed by atoms with Gasteiger partial charge in [0.2, 0.25) is 0 Å². The highest BCUT2D eigenvalue weighted by Crippen LogP contribution is 2.24. The molecule has 7 heteroatoms. The fourth-order valence-corrected chi connectivity index (χ4v) is 4.04. The van der Waals surface area contributed by atoms with Gasteiger partial charge in [-0.2, -0.15) is 5.10 Å². The highest BCUT2D eigenvalue weighted by molar-refractivity contribution is 5.98. The standard InChI is InChI=1S/C24H22FN5O/c25-19-8-5-16(6-9-19)22-14-23(29-28-22)30-12-2-4-20(15-30)27-24(31)18-7-10-21-17(13-18)3-1-11-26-21/h1,3,5-11,13-14,20H,2,4,12,15H2,(H,27,31)(H,28,29)/t20-/m1/s1. The number of hydrogen-bond donors (Lipinski definition) is 2. The first-order valence-electron chi connectivity index (χ1n) is 10.4. The number of aromatic nitrogens is 3. The van der Waals surface area contributed by atoms with E-state index in [4.69, 9.17) is 0 Å². The predicted octanol–water partition coefficient (Wildman–Crippen LogP) is 4.16. The van der Waals surface area contributed by atoms with E-state index in [0.29, 0.717) is 12.1 Å². The molecule has 5 rings (SSSR count). The molecular weight excluding hydrogens is 393 g/mol. The lowest BCUT2D eigenvalue weighted by Gasteiger charge is -2.33. The van der Waals surface area contributed by atoms with Gasteiger partial charge in [-0.15, -0.1) is 0 Å². The van der Waals surface area contributed by atoms with Crippen molar-refractivity contribution < 1.29 is 9.18 Å². The maximum Gasteiger partial charge on any atom is 0.251 e. The van der Waals surface area contributed by atoms with Gasteiger partial charge in [-0.05, 0) is 66.9 Å². The number of hydrogen-bond acceptors (Lipinski definition) is 4. The summed E-state index contributed by atoms with van der Waals surface area (Å²) in [5.41, 5.74) is 3.23. The van der Waals surface area contributed by atoms with Gasteiger partial charge in [0.15, 0.2) is 5.82 Å². The minimum absolute atomic E-state index is 0.0387. The molecule has 6 nitrogen and oxygen atoms in total. The van der Waals surface area contributed by atoms with Crippen LogP contribution in [0.5, 0.6) is 0 Å². The Morgan fingerprint density at radius 3 is 2.87 bits per heavy atom. The smallest absolute Gasteiger partial charge is 0.251 e. The first kappa shape index (κ1) is 19.2. The number of aromatic amines is 1. The molecule has 0 aliphatic carbocycles. The Morgan fingerprint density at radius 2 is 2.00 bits per heavy atom. The van der Waals surface area contributed by atoms with Crippen molar-refractivity contribution >= 4 is 22.6 Å². The molecule has 0 unspecified atom stereocenters. The third-order valence-corrected chi connectivity index (χ3v) is 5.67. The van der Waals surface area contributed by atoms with E-state index in [2.05, 4.69) is 25.4 Å². The first-order chi connectivity index (χ1) is 15.2. The Morgan fingerprint density at radius 1 is 1.13 bits per heavy atom. The molecule has 1 aliphatic rings. The summed E-state index contributed by atoms with van der Waals surface area (Å²) >= 11 is 0. The fraction of sp³-hybridized carbons (Fsp3) is 0.208. The van der Waals surface area contributed by atoms with E-state index in [-0.39, 0.29) is 17.8 Å². The number of pyridine rings is 1. The average molecular weight is 415 g/mol. The third kappa shape index (κ3) is 4.12. The van der Waals surface area contributed by atoms with E-state index in [9.17, 15) is 9.18 Å². The van der Waals surface area contributed by atoms with Gasteiger partial charge in [0.1, 0.15) is 5.82 Å². The number of piperidine rings is 1. The number of amides is 1. The maximum atomic E-state index is 13.2. The lowest BCUT2D eigenvalue weighted by Crippen LogP contribution is -2.48. The predicted molar refractivity (Wildman–Crippen MR) is 118 cm³/mol. The number of halogens is 1. The van der Waals surface area contributed by atoms with Crippen molar-refractivity contribution in [2.24, 2.45) is 0 Å². The summed E-state index contributed by atoms with van der Waals surface area (Å²) in [5, 5.41) is 11.6. The molecular formula is C24H22FN5O. The van der Waals surface area contributed by atoms with E-state index in [0.717, 1.165) is 47.4 Å². The second-order valence-electron chi connectivity index (χ2n) is 7.82. The molecule has 1 saturated heterocycles. The van der Waals surface area contributed by atoms with E-state index in [1.807, 2.05) is 36.4 Å². The summed E-state index contributed by atoms with van der Waals surface area (Å²) in [4.78, 5) is 19.3. The van der Waals surface area contributed by atoms with Crippen LogP contribution in [0.4, 0.5) is 10.2 Å². The zero-order valence-corrected chi connectivity index (χ0v) is 16.9. The van der Waals surface area contributed by atoms with Crippen LogP contribution in [0.1, 0.15) is 23.2 Å². The van der Waals surface area contributed by atoms with Crippen molar-refractivity contribution in [1.82, 2.24) is 20.5 Å². The number of fused-ring (bicyclic) bond motifs is 1. The van der Waals surface area contributed by atoms with Crippen LogP contribution in [0.3, 0.4) is 0 Å². The Kier molecular flexibility index (Phi) is 5.08. The quantitative estimate of drug-likeness (QED) is 0.525. The van der Waals surface area contributed by atoms with Gasteiger partial charge in [-0.3, -0.25) is 14.9 Å². The molecule has 2 aromatic heterocycles. The molecule has 2 N–H and O–H groups in total. The molecule has 1 atom stereocenters. The molecule has 156 valence electrons. The van der Waals surface area contributed by atoms with Crippen LogP contribution >= 0.6 is 0 Å². The number of H-pyrrole nitrogens is 1. The molecule has 0 bridgehead atoms. The third-order valence-electron chi connectivity index (χ3n) is 5.67. The second kappa shape index (κ2) is 8.18. The summed E-state index contributed by atoms with van der Waals surface area (Å²) < 4.78 is 13.2. The molecule has 0 saturated carbocycles. The number of carbonyl (C=O) groups is 1. The van der Waals surface area contributed by atoms with Gasteiger partial charge in [-0.25, -0.2) is 4.39 Å². The van der Waals surface area contributed by atoms with E-state index in [1.165, 1.54) is 12.1 Å². The van der Waals surface area contributed by atoms with Crippen LogP contribution in [0.15, 0.2) is 66.9 Å². The zero-order chi connectivity index (χ0) is 21.2.